The van der Waals surface area contributed by atoms with Crippen molar-refractivity contribution in [3.63, 3.8) is 0 Å². The second-order valence-electron chi connectivity index (χ2n) is 4.02. The van der Waals surface area contributed by atoms with Crippen molar-refractivity contribution >= 4 is 11.9 Å². The summed E-state index contributed by atoms with van der Waals surface area (Å²) in [4.78, 5) is 12.1. The first-order chi connectivity index (χ1) is 6.21. The number of rotatable bonds is 2. The zero-order chi connectivity index (χ0) is 11.5. The van der Waals surface area contributed by atoms with E-state index >= 15 is 0 Å². The smallest absolute Gasteiger partial charge is 0.408 e. The van der Waals surface area contributed by atoms with Gasteiger partial charge in [0.2, 0.25) is 0 Å². The number of nitrogens with zero attached hydrogens (tertiary/aromatic N) is 2. The molecule has 4 N–H and O–H groups in total. The van der Waals surface area contributed by atoms with Crippen LogP contribution >= 0.6 is 0 Å². The zero-order valence-corrected chi connectivity index (χ0v) is 8.85. The van der Waals surface area contributed by atoms with E-state index in [1.807, 2.05) is 0 Å². The molecule has 6 nitrogen and oxygen atoms in total. The van der Waals surface area contributed by atoms with Crippen molar-refractivity contribution in [3.05, 3.63) is 0 Å². The second kappa shape index (κ2) is 4.17. The van der Waals surface area contributed by atoms with Gasteiger partial charge in [0.25, 0.3) is 0 Å². The van der Waals surface area contributed by atoms with Gasteiger partial charge in [-0.2, -0.15) is 0 Å². The van der Waals surface area contributed by atoms with E-state index in [2.05, 4.69) is 5.16 Å². The molecule has 1 atom stereocenters. The number of amidine groups is 1. The Morgan fingerprint density at radius 1 is 1.50 bits per heavy atom. The van der Waals surface area contributed by atoms with Crippen LogP contribution in [0.4, 0.5) is 4.79 Å². The Bertz CT molecular complexity index is 245. The summed E-state index contributed by atoms with van der Waals surface area (Å²) in [5, 5.41) is 20.2. The molecule has 1 unspecified atom stereocenters. The van der Waals surface area contributed by atoms with Crippen LogP contribution in [-0.4, -0.2) is 38.7 Å². The van der Waals surface area contributed by atoms with Crippen LogP contribution in [0.2, 0.25) is 0 Å². The Kier molecular flexibility index (Phi) is 3.73. The summed E-state index contributed by atoms with van der Waals surface area (Å²) in [6, 6.07) is -0.655. The Hall–Kier alpha value is -1.46. The topological polar surface area (TPSA) is 99.2 Å². The van der Waals surface area contributed by atoms with Crippen LogP contribution < -0.4 is 5.73 Å². The van der Waals surface area contributed by atoms with Crippen LogP contribution in [0.25, 0.3) is 0 Å². The minimum atomic E-state index is -1.10. The standard InChI is InChI=1S/C8H17N3O3/c1-5(6(9)10-14)11(7(12)13)8(2,3)4/h5,14H,1-4H3,(H2,9,10)(H,12,13). The zero-order valence-electron chi connectivity index (χ0n) is 8.85. The molecule has 0 spiro atoms. The first-order valence-electron chi connectivity index (χ1n) is 4.21. The number of hydrogen-bond acceptors (Lipinski definition) is 3. The fraction of sp³-hybridized carbons (Fsp3) is 0.750. The van der Waals surface area contributed by atoms with Crippen LogP contribution in [0.1, 0.15) is 27.7 Å². The SMILES string of the molecule is CC(C(N)=NO)N(C(=O)O)C(C)(C)C. The third-order valence-electron chi connectivity index (χ3n) is 1.86. The summed E-state index contributed by atoms with van der Waals surface area (Å²) in [5.41, 5.74) is 4.75. The number of nitrogens with two attached hydrogens (primary N) is 1. The Morgan fingerprint density at radius 3 is 2.14 bits per heavy atom. The lowest BCUT2D eigenvalue weighted by molar-refractivity contribution is 0.0909. The predicted octanol–water partition coefficient (Wildman–Crippen LogP) is 0.900. The number of oxime groups is 1. The largest absolute Gasteiger partial charge is 0.465 e. The molecule has 0 aromatic heterocycles. The van der Waals surface area contributed by atoms with Crippen molar-refractivity contribution in [3.8, 4) is 0 Å². The van der Waals surface area contributed by atoms with Crippen LogP contribution in [0.3, 0.4) is 0 Å². The van der Waals surface area contributed by atoms with Gasteiger partial charge < -0.3 is 16.0 Å². The van der Waals surface area contributed by atoms with Gasteiger partial charge in [-0.1, -0.05) is 5.16 Å². The van der Waals surface area contributed by atoms with E-state index in [1.165, 1.54) is 0 Å². The van der Waals surface area contributed by atoms with Crippen molar-refractivity contribution in [2.24, 2.45) is 10.9 Å². The summed E-state index contributed by atoms with van der Waals surface area (Å²) < 4.78 is 0. The lowest BCUT2D eigenvalue weighted by Crippen LogP contribution is -2.54. The lowest BCUT2D eigenvalue weighted by atomic mass is 10.0. The molecule has 0 aromatic rings. The fourth-order valence-electron chi connectivity index (χ4n) is 1.25. The van der Waals surface area contributed by atoms with Gasteiger partial charge in [0, 0.05) is 5.54 Å². The highest BCUT2D eigenvalue weighted by Gasteiger charge is 2.32. The summed E-state index contributed by atoms with van der Waals surface area (Å²) in [6.07, 6.45) is -1.10. The lowest BCUT2D eigenvalue weighted by Gasteiger charge is -2.37. The molecule has 0 radical (unpaired) electrons. The minimum Gasteiger partial charge on any atom is -0.465 e. The molecule has 0 aliphatic heterocycles. The average molecular weight is 203 g/mol. The molecular weight excluding hydrogens is 186 g/mol. The number of hydrogen-bond donors (Lipinski definition) is 3. The maximum Gasteiger partial charge on any atom is 0.408 e. The molecule has 1 amide bonds. The average Bonchev–Trinajstić information content (AvgIpc) is 1.99. The molecular formula is C8H17N3O3. The molecule has 0 fully saturated rings. The van der Waals surface area contributed by atoms with Gasteiger partial charge in [0.15, 0.2) is 5.84 Å². The Labute approximate surface area is 83.0 Å². The second-order valence-corrected chi connectivity index (χ2v) is 4.02. The predicted molar refractivity (Wildman–Crippen MR) is 52.5 cm³/mol. The first kappa shape index (κ1) is 12.5. The highest BCUT2D eigenvalue weighted by atomic mass is 16.4. The minimum absolute atomic E-state index is 0.123. The van der Waals surface area contributed by atoms with Crippen molar-refractivity contribution in [1.82, 2.24) is 4.90 Å². The maximum atomic E-state index is 10.9. The van der Waals surface area contributed by atoms with Gasteiger partial charge >= 0.3 is 6.09 Å². The van der Waals surface area contributed by atoms with E-state index in [1.54, 1.807) is 27.7 Å². The van der Waals surface area contributed by atoms with Crippen LogP contribution in [0.15, 0.2) is 5.16 Å². The molecule has 0 aromatic carbocycles. The van der Waals surface area contributed by atoms with Gasteiger partial charge in [-0.25, -0.2) is 4.79 Å². The van der Waals surface area contributed by atoms with Crippen LogP contribution in [-0.2, 0) is 0 Å². The summed E-state index contributed by atoms with van der Waals surface area (Å²) >= 11 is 0. The van der Waals surface area contributed by atoms with E-state index in [4.69, 9.17) is 16.0 Å². The quantitative estimate of drug-likeness (QED) is 0.269. The van der Waals surface area contributed by atoms with E-state index in [0.717, 1.165) is 4.90 Å². The molecule has 0 aliphatic carbocycles. The monoisotopic (exact) mass is 203 g/mol. The molecule has 0 saturated heterocycles. The van der Waals surface area contributed by atoms with Crippen LogP contribution in [0, 0.1) is 0 Å². The number of carbonyl (C=O) groups is 1. The fourth-order valence-corrected chi connectivity index (χ4v) is 1.25. The van der Waals surface area contributed by atoms with E-state index in [-0.39, 0.29) is 5.84 Å². The molecule has 14 heavy (non-hydrogen) atoms. The molecule has 0 bridgehead atoms. The van der Waals surface area contributed by atoms with E-state index in [0.29, 0.717) is 0 Å². The van der Waals surface area contributed by atoms with Crippen molar-refractivity contribution in [1.29, 1.82) is 0 Å². The van der Waals surface area contributed by atoms with Crippen LogP contribution in [0.5, 0.6) is 0 Å². The number of carboxylic acid groups (broad SMARTS) is 1. The Balaban J connectivity index is 4.95. The van der Waals surface area contributed by atoms with Crippen molar-refractivity contribution in [2.75, 3.05) is 0 Å². The molecule has 0 aliphatic rings. The maximum absolute atomic E-state index is 10.9. The van der Waals surface area contributed by atoms with Gasteiger partial charge in [0.05, 0.1) is 6.04 Å². The molecule has 0 heterocycles. The van der Waals surface area contributed by atoms with E-state index in [9.17, 15) is 4.79 Å². The third kappa shape index (κ3) is 2.79. The summed E-state index contributed by atoms with van der Waals surface area (Å²) in [6.45, 7) is 6.78. The molecule has 6 heteroatoms. The van der Waals surface area contributed by atoms with Gasteiger partial charge in [-0.15, -0.1) is 0 Å². The third-order valence-corrected chi connectivity index (χ3v) is 1.86. The van der Waals surface area contributed by atoms with Crippen molar-refractivity contribution in [2.45, 2.75) is 39.3 Å². The number of amides is 1. The van der Waals surface area contributed by atoms with Gasteiger partial charge in [-0.3, -0.25) is 4.90 Å². The van der Waals surface area contributed by atoms with Crippen molar-refractivity contribution < 1.29 is 15.1 Å². The summed E-state index contributed by atoms with van der Waals surface area (Å²) in [7, 11) is 0. The van der Waals surface area contributed by atoms with E-state index < -0.39 is 17.7 Å². The highest BCUT2D eigenvalue weighted by molar-refractivity contribution is 5.88. The molecule has 0 rings (SSSR count). The summed E-state index contributed by atoms with van der Waals surface area (Å²) in [5.74, 6) is -0.123. The molecule has 0 saturated carbocycles. The first-order valence-corrected chi connectivity index (χ1v) is 4.21. The molecule has 82 valence electrons. The highest BCUT2D eigenvalue weighted by Crippen LogP contribution is 2.17. The normalized spacial score (nSPS) is 15.0. The van der Waals surface area contributed by atoms with Gasteiger partial charge in [-0.05, 0) is 27.7 Å². The van der Waals surface area contributed by atoms with Gasteiger partial charge in [0.1, 0.15) is 0 Å². The Morgan fingerprint density at radius 2 is 1.93 bits per heavy atom.